The molecule has 104 valence electrons. The summed E-state index contributed by atoms with van der Waals surface area (Å²) in [5.41, 5.74) is 4.16. The van der Waals surface area contributed by atoms with Crippen molar-refractivity contribution >= 4 is 17.4 Å². The number of carbonyl (C=O) groups is 1. The van der Waals surface area contributed by atoms with E-state index >= 15 is 0 Å². The normalized spacial score (nSPS) is 15.6. The lowest BCUT2D eigenvalue weighted by molar-refractivity contribution is -0.136. The van der Waals surface area contributed by atoms with Gasteiger partial charge in [0, 0.05) is 18.8 Å². The van der Waals surface area contributed by atoms with Crippen LogP contribution in [0.3, 0.4) is 0 Å². The molecule has 0 aliphatic carbocycles. The molecule has 1 saturated heterocycles. The largest absolute Gasteiger partial charge is 0.418 e. The SMILES string of the molecule is Nc1ccc(NC(=O)N2CCCC2)c(C(F)(F)F)c1. The minimum absolute atomic E-state index is 0.00602. The first-order valence-electron chi connectivity index (χ1n) is 5.90. The maximum Gasteiger partial charge on any atom is 0.418 e. The molecule has 2 rings (SSSR count). The van der Waals surface area contributed by atoms with Crippen LogP contribution in [-0.4, -0.2) is 24.0 Å². The number of amides is 2. The first kappa shape index (κ1) is 13.5. The van der Waals surface area contributed by atoms with Gasteiger partial charge in [-0.05, 0) is 31.0 Å². The number of urea groups is 1. The molecule has 19 heavy (non-hydrogen) atoms. The first-order valence-corrected chi connectivity index (χ1v) is 5.90. The van der Waals surface area contributed by atoms with E-state index in [9.17, 15) is 18.0 Å². The molecule has 0 saturated carbocycles. The van der Waals surface area contributed by atoms with Gasteiger partial charge in [0.1, 0.15) is 0 Å². The third-order valence-corrected chi connectivity index (χ3v) is 2.98. The van der Waals surface area contributed by atoms with Crippen LogP contribution in [0.15, 0.2) is 18.2 Å². The van der Waals surface area contributed by atoms with E-state index < -0.39 is 17.8 Å². The lowest BCUT2D eigenvalue weighted by atomic mass is 10.1. The molecule has 2 amide bonds. The van der Waals surface area contributed by atoms with E-state index in [1.54, 1.807) is 0 Å². The fourth-order valence-electron chi connectivity index (χ4n) is 2.02. The highest BCUT2D eigenvalue weighted by molar-refractivity contribution is 5.90. The second-order valence-electron chi connectivity index (χ2n) is 4.43. The van der Waals surface area contributed by atoms with Crippen LogP contribution in [0.5, 0.6) is 0 Å². The van der Waals surface area contributed by atoms with Crippen molar-refractivity contribution in [1.82, 2.24) is 4.90 Å². The molecular weight excluding hydrogens is 259 g/mol. The molecule has 0 unspecified atom stereocenters. The standard InChI is InChI=1S/C12H14F3N3O/c13-12(14,15)9-7-8(16)3-4-10(9)17-11(19)18-5-1-2-6-18/h3-4,7H,1-2,5-6,16H2,(H,17,19). The third kappa shape index (κ3) is 3.10. The highest BCUT2D eigenvalue weighted by Gasteiger charge is 2.34. The van der Waals surface area contributed by atoms with Gasteiger partial charge in [0.25, 0.3) is 0 Å². The van der Waals surface area contributed by atoms with E-state index in [2.05, 4.69) is 5.32 Å². The van der Waals surface area contributed by atoms with E-state index in [1.165, 1.54) is 17.0 Å². The van der Waals surface area contributed by atoms with E-state index in [-0.39, 0.29) is 11.4 Å². The molecule has 1 aliphatic heterocycles. The van der Waals surface area contributed by atoms with Gasteiger partial charge >= 0.3 is 12.2 Å². The fraction of sp³-hybridized carbons (Fsp3) is 0.417. The van der Waals surface area contributed by atoms with Crippen molar-refractivity contribution in [1.29, 1.82) is 0 Å². The summed E-state index contributed by atoms with van der Waals surface area (Å²) in [7, 11) is 0. The number of hydrogen-bond donors (Lipinski definition) is 2. The van der Waals surface area contributed by atoms with Crippen LogP contribution in [0.2, 0.25) is 0 Å². The van der Waals surface area contributed by atoms with Crippen molar-refractivity contribution in [2.24, 2.45) is 0 Å². The van der Waals surface area contributed by atoms with Gasteiger partial charge < -0.3 is 16.0 Å². The number of hydrogen-bond acceptors (Lipinski definition) is 2. The Balaban J connectivity index is 2.22. The van der Waals surface area contributed by atoms with Gasteiger partial charge in [-0.2, -0.15) is 13.2 Å². The van der Waals surface area contributed by atoms with Gasteiger partial charge in [-0.25, -0.2) is 4.79 Å². The average Bonchev–Trinajstić information content (AvgIpc) is 2.83. The van der Waals surface area contributed by atoms with Crippen molar-refractivity contribution in [3.8, 4) is 0 Å². The summed E-state index contributed by atoms with van der Waals surface area (Å²) >= 11 is 0. The number of halogens is 3. The van der Waals surface area contributed by atoms with Gasteiger partial charge in [-0.1, -0.05) is 0 Å². The van der Waals surface area contributed by atoms with Gasteiger partial charge in [-0.3, -0.25) is 0 Å². The van der Waals surface area contributed by atoms with E-state index in [4.69, 9.17) is 5.73 Å². The molecule has 0 radical (unpaired) electrons. The first-order chi connectivity index (χ1) is 8.88. The number of nitrogens with zero attached hydrogens (tertiary/aromatic N) is 1. The minimum atomic E-state index is -4.55. The summed E-state index contributed by atoms with van der Waals surface area (Å²) in [4.78, 5) is 13.3. The van der Waals surface area contributed by atoms with Crippen LogP contribution in [0, 0.1) is 0 Å². The van der Waals surface area contributed by atoms with Gasteiger partial charge in [-0.15, -0.1) is 0 Å². The Kier molecular flexibility index (Phi) is 3.55. The van der Waals surface area contributed by atoms with Crippen LogP contribution in [-0.2, 0) is 6.18 Å². The second-order valence-corrected chi connectivity index (χ2v) is 4.43. The topological polar surface area (TPSA) is 58.4 Å². The molecule has 7 heteroatoms. The molecule has 1 heterocycles. The highest BCUT2D eigenvalue weighted by Crippen LogP contribution is 2.36. The quantitative estimate of drug-likeness (QED) is 0.773. The fourth-order valence-corrected chi connectivity index (χ4v) is 2.02. The molecule has 1 aromatic rings. The Labute approximate surface area is 108 Å². The van der Waals surface area contributed by atoms with Crippen molar-refractivity contribution < 1.29 is 18.0 Å². The average molecular weight is 273 g/mol. The Bertz CT molecular complexity index is 482. The van der Waals surface area contributed by atoms with Gasteiger partial charge in [0.15, 0.2) is 0 Å². The van der Waals surface area contributed by atoms with Crippen LogP contribution in [0.25, 0.3) is 0 Å². The Morgan fingerprint density at radius 1 is 1.26 bits per heavy atom. The van der Waals surface area contributed by atoms with Crippen LogP contribution < -0.4 is 11.1 Å². The second kappa shape index (κ2) is 4.99. The number of alkyl halides is 3. The number of likely N-dealkylation sites (tertiary alicyclic amines) is 1. The summed E-state index contributed by atoms with van der Waals surface area (Å²) in [5, 5.41) is 2.30. The molecule has 0 atom stereocenters. The lowest BCUT2D eigenvalue weighted by Gasteiger charge is -2.19. The molecule has 3 N–H and O–H groups in total. The zero-order valence-corrected chi connectivity index (χ0v) is 10.1. The zero-order valence-electron chi connectivity index (χ0n) is 10.1. The summed E-state index contributed by atoms with van der Waals surface area (Å²) in [6.45, 7) is 1.14. The predicted octanol–water partition coefficient (Wildman–Crippen LogP) is 2.92. The highest BCUT2D eigenvalue weighted by atomic mass is 19.4. The number of nitrogen functional groups attached to an aromatic ring is 1. The van der Waals surface area contributed by atoms with Crippen LogP contribution >= 0.6 is 0 Å². The molecular formula is C12H14F3N3O. The summed E-state index contributed by atoms with van der Waals surface area (Å²) in [5.74, 6) is 0. The van der Waals surface area contributed by atoms with Gasteiger partial charge in [0.05, 0.1) is 11.3 Å². The molecule has 1 aromatic carbocycles. The van der Waals surface area contributed by atoms with E-state index in [1.807, 2.05) is 0 Å². The lowest BCUT2D eigenvalue weighted by Crippen LogP contribution is -2.32. The van der Waals surface area contributed by atoms with E-state index in [0.29, 0.717) is 13.1 Å². The van der Waals surface area contributed by atoms with Crippen molar-refractivity contribution in [3.63, 3.8) is 0 Å². The molecule has 0 aromatic heterocycles. The number of anilines is 2. The Morgan fingerprint density at radius 2 is 1.89 bits per heavy atom. The van der Waals surface area contributed by atoms with Gasteiger partial charge in [0.2, 0.25) is 0 Å². The van der Waals surface area contributed by atoms with Crippen molar-refractivity contribution in [3.05, 3.63) is 23.8 Å². The summed E-state index contributed by atoms with van der Waals surface area (Å²) < 4.78 is 38.5. The number of carbonyl (C=O) groups excluding carboxylic acids is 1. The van der Waals surface area contributed by atoms with Crippen molar-refractivity contribution in [2.45, 2.75) is 19.0 Å². The summed E-state index contributed by atoms with van der Waals surface area (Å²) in [6.07, 6.45) is -2.80. The maximum absolute atomic E-state index is 12.8. The number of nitrogens with one attached hydrogen (secondary N) is 1. The third-order valence-electron chi connectivity index (χ3n) is 2.98. The number of rotatable bonds is 1. The Hall–Kier alpha value is -1.92. The number of nitrogens with two attached hydrogens (primary N) is 1. The monoisotopic (exact) mass is 273 g/mol. The van der Waals surface area contributed by atoms with Crippen LogP contribution in [0.4, 0.5) is 29.3 Å². The van der Waals surface area contributed by atoms with E-state index in [0.717, 1.165) is 18.9 Å². The minimum Gasteiger partial charge on any atom is -0.399 e. The maximum atomic E-state index is 12.8. The summed E-state index contributed by atoms with van der Waals surface area (Å²) in [6, 6.07) is 2.81. The smallest absolute Gasteiger partial charge is 0.399 e. The van der Waals surface area contributed by atoms with Crippen LogP contribution in [0.1, 0.15) is 18.4 Å². The molecule has 0 bridgehead atoms. The molecule has 1 fully saturated rings. The zero-order chi connectivity index (χ0) is 14.0. The van der Waals surface area contributed by atoms with Crippen molar-refractivity contribution in [2.75, 3.05) is 24.1 Å². The number of benzene rings is 1. The molecule has 4 nitrogen and oxygen atoms in total. The molecule has 1 aliphatic rings. The predicted molar refractivity (Wildman–Crippen MR) is 65.7 cm³/mol. The Morgan fingerprint density at radius 3 is 2.47 bits per heavy atom. The molecule has 0 spiro atoms.